The Morgan fingerprint density at radius 2 is 1.62 bits per heavy atom. The SMILES string of the molecule is O=C(O)C1CCC(NC(=O)[C@H](C2CCCCC2)n2c(-c3ccc(Cl)cc3)nc3cc(F)c(F)cc32)CC1. The molecule has 1 aromatic heterocycles. The van der Waals surface area contributed by atoms with Gasteiger partial charge in [0.25, 0.3) is 0 Å². The molecule has 37 heavy (non-hydrogen) atoms. The number of halogens is 3. The fraction of sp³-hybridized carbons (Fsp3) is 0.464. The molecule has 0 bridgehead atoms. The van der Waals surface area contributed by atoms with Crippen molar-refractivity contribution in [2.24, 2.45) is 11.8 Å². The molecule has 1 heterocycles. The first-order valence-electron chi connectivity index (χ1n) is 13.0. The Morgan fingerprint density at radius 3 is 2.27 bits per heavy atom. The first-order valence-corrected chi connectivity index (χ1v) is 13.4. The molecule has 2 fully saturated rings. The van der Waals surface area contributed by atoms with Crippen molar-refractivity contribution in [3.05, 3.63) is 53.1 Å². The normalized spacial score (nSPS) is 21.6. The lowest BCUT2D eigenvalue weighted by Crippen LogP contribution is -2.44. The van der Waals surface area contributed by atoms with Crippen molar-refractivity contribution in [1.29, 1.82) is 0 Å². The van der Waals surface area contributed by atoms with Gasteiger partial charge in [0.05, 0.1) is 17.0 Å². The van der Waals surface area contributed by atoms with Gasteiger partial charge >= 0.3 is 5.97 Å². The summed E-state index contributed by atoms with van der Waals surface area (Å²) >= 11 is 6.10. The summed E-state index contributed by atoms with van der Waals surface area (Å²) in [6, 6.07) is 8.42. The van der Waals surface area contributed by atoms with E-state index in [9.17, 15) is 23.5 Å². The van der Waals surface area contributed by atoms with Gasteiger partial charge in [0, 0.05) is 28.8 Å². The highest BCUT2D eigenvalue weighted by Crippen LogP contribution is 2.39. The Kier molecular flexibility index (Phi) is 7.47. The van der Waals surface area contributed by atoms with Crippen LogP contribution in [0, 0.1) is 23.5 Å². The van der Waals surface area contributed by atoms with E-state index in [2.05, 4.69) is 10.3 Å². The first kappa shape index (κ1) is 25.6. The number of nitrogens with one attached hydrogen (secondary N) is 1. The van der Waals surface area contributed by atoms with Crippen molar-refractivity contribution in [2.75, 3.05) is 0 Å². The fourth-order valence-electron chi connectivity index (χ4n) is 5.94. The highest BCUT2D eigenvalue weighted by Gasteiger charge is 2.36. The molecule has 0 spiro atoms. The standard InChI is InChI=1S/C28H30ClF2N3O3/c29-19-10-6-17(7-11-19)26-33-23-14-21(30)22(31)15-24(23)34(26)25(16-4-2-1-3-5-16)27(35)32-20-12-8-18(9-13-20)28(36)37/h6-7,10-11,14-16,18,20,25H,1-5,8-9,12-13H2,(H,32,35)(H,36,37)/t18?,20?,25-/m0/s1. The summed E-state index contributed by atoms with van der Waals surface area (Å²) < 4.78 is 30.5. The van der Waals surface area contributed by atoms with E-state index in [4.69, 9.17) is 11.6 Å². The van der Waals surface area contributed by atoms with E-state index in [1.165, 1.54) is 0 Å². The van der Waals surface area contributed by atoms with E-state index in [0.29, 0.717) is 47.6 Å². The monoisotopic (exact) mass is 529 g/mol. The van der Waals surface area contributed by atoms with E-state index >= 15 is 0 Å². The third-order valence-corrected chi connectivity index (χ3v) is 8.15. The van der Waals surface area contributed by atoms with Crippen LogP contribution in [0.5, 0.6) is 0 Å². The first-order chi connectivity index (χ1) is 17.8. The summed E-state index contributed by atoms with van der Waals surface area (Å²) in [6.07, 6.45) is 6.97. The summed E-state index contributed by atoms with van der Waals surface area (Å²) in [5.41, 5.74) is 1.33. The second-order valence-electron chi connectivity index (χ2n) is 10.3. The van der Waals surface area contributed by atoms with Crippen molar-refractivity contribution >= 4 is 34.5 Å². The molecule has 2 aliphatic rings. The summed E-state index contributed by atoms with van der Waals surface area (Å²) in [4.78, 5) is 30.0. The van der Waals surface area contributed by atoms with Gasteiger partial charge in [0.2, 0.25) is 5.91 Å². The smallest absolute Gasteiger partial charge is 0.306 e. The molecule has 1 atom stereocenters. The number of aromatic nitrogens is 2. The Morgan fingerprint density at radius 1 is 0.973 bits per heavy atom. The Bertz CT molecular complexity index is 1300. The molecule has 0 unspecified atom stereocenters. The number of fused-ring (bicyclic) bond motifs is 1. The molecule has 0 radical (unpaired) electrons. The second kappa shape index (κ2) is 10.8. The lowest BCUT2D eigenvalue weighted by Gasteiger charge is -2.34. The molecular weight excluding hydrogens is 500 g/mol. The van der Waals surface area contributed by atoms with Gasteiger partial charge in [0.15, 0.2) is 11.6 Å². The van der Waals surface area contributed by atoms with Gasteiger partial charge in [-0.1, -0.05) is 30.9 Å². The van der Waals surface area contributed by atoms with E-state index < -0.39 is 23.6 Å². The van der Waals surface area contributed by atoms with Gasteiger partial charge in [0.1, 0.15) is 11.9 Å². The summed E-state index contributed by atoms with van der Waals surface area (Å²) in [6.45, 7) is 0. The quantitative estimate of drug-likeness (QED) is 0.381. The number of imidazole rings is 1. The van der Waals surface area contributed by atoms with Gasteiger partial charge in [-0.15, -0.1) is 0 Å². The van der Waals surface area contributed by atoms with Crippen molar-refractivity contribution in [3.8, 4) is 11.4 Å². The third kappa shape index (κ3) is 5.35. The maximum atomic E-state index is 14.5. The molecule has 2 saturated carbocycles. The predicted molar refractivity (Wildman–Crippen MR) is 137 cm³/mol. The topological polar surface area (TPSA) is 84.2 Å². The van der Waals surface area contributed by atoms with Crippen LogP contribution in [0.4, 0.5) is 8.78 Å². The van der Waals surface area contributed by atoms with Crippen LogP contribution in [0.2, 0.25) is 5.02 Å². The lowest BCUT2D eigenvalue weighted by atomic mass is 9.82. The van der Waals surface area contributed by atoms with E-state index in [-0.39, 0.29) is 29.3 Å². The maximum Gasteiger partial charge on any atom is 0.306 e. The van der Waals surface area contributed by atoms with Crippen molar-refractivity contribution in [1.82, 2.24) is 14.9 Å². The zero-order chi connectivity index (χ0) is 26.1. The zero-order valence-corrected chi connectivity index (χ0v) is 21.2. The average molecular weight is 530 g/mol. The van der Waals surface area contributed by atoms with Gasteiger partial charge in [-0.3, -0.25) is 9.59 Å². The minimum atomic E-state index is -0.994. The van der Waals surface area contributed by atoms with Gasteiger partial charge < -0.3 is 15.0 Å². The average Bonchev–Trinajstić information content (AvgIpc) is 3.23. The van der Waals surface area contributed by atoms with Crippen LogP contribution >= 0.6 is 11.6 Å². The van der Waals surface area contributed by atoms with Crippen LogP contribution in [0.25, 0.3) is 22.4 Å². The van der Waals surface area contributed by atoms with E-state index in [0.717, 1.165) is 44.2 Å². The number of hydrogen-bond donors (Lipinski definition) is 2. The maximum absolute atomic E-state index is 14.5. The van der Waals surface area contributed by atoms with Gasteiger partial charge in [-0.2, -0.15) is 0 Å². The number of nitrogens with zero attached hydrogens (tertiary/aromatic N) is 2. The van der Waals surface area contributed by atoms with Gasteiger partial charge in [-0.25, -0.2) is 13.8 Å². The molecule has 6 nitrogen and oxygen atoms in total. The molecular formula is C28H30ClF2N3O3. The number of hydrogen-bond acceptors (Lipinski definition) is 3. The molecule has 9 heteroatoms. The number of benzene rings is 2. The van der Waals surface area contributed by atoms with Crippen molar-refractivity contribution < 1.29 is 23.5 Å². The summed E-state index contributed by atoms with van der Waals surface area (Å²) in [5, 5.41) is 13.0. The Hall–Kier alpha value is -3.00. The molecule has 2 aromatic carbocycles. The van der Waals surface area contributed by atoms with Crippen LogP contribution in [0.1, 0.15) is 63.8 Å². The number of rotatable bonds is 6. The minimum Gasteiger partial charge on any atom is -0.481 e. The largest absolute Gasteiger partial charge is 0.481 e. The van der Waals surface area contributed by atoms with Gasteiger partial charge in [-0.05, 0) is 68.7 Å². The Balaban J connectivity index is 1.57. The zero-order valence-electron chi connectivity index (χ0n) is 20.4. The molecule has 2 N–H and O–H groups in total. The van der Waals surface area contributed by atoms with Crippen LogP contribution in [-0.2, 0) is 9.59 Å². The molecule has 196 valence electrons. The summed E-state index contributed by atoms with van der Waals surface area (Å²) in [5.74, 6) is -2.90. The van der Waals surface area contributed by atoms with Crippen LogP contribution in [0.3, 0.4) is 0 Å². The van der Waals surface area contributed by atoms with Crippen molar-refractivity contribution in [2.45, 2.75) is 69.9 Å². The molecule has 1 amide bonds. The molecule has 0 aliphatic heterocycles. The number of carboxylic acid groups (broad SMARTS) is 1. The number of carbonyl (C=O) groups is 2. The highest BCUT2D eigenvalue weighted by molar-refractivity contribution is 6.30. The fourth-order valence-corrected chi connectivity index (χ4v) is 6.06. The number of carboxylic acids is 1. The molecule has 2 aliphatic carbocycles. The molecule has 0 saturated heterocycles. The lowest BCUT2D eigenvalue weighted by molar-refractivity contribution is -0.142. The van der Waals surface area contributed by atoms with Crippen LogP contribution in [0.15, 0.2) is 36.4 Å². The third-order valence-electron chi connectivity index (χ3n) is 7.90. The highest BCUT2D eigenvalue weighted by atomic mass is 35.5. The van der Waals surface area contributed by atoms with Crippen LogP contribution in [-0.4, -0.2) is 32.6 Å². The van der Waals surface area contributed by atoms with E-state index in [1.807, 2.05) is 0 Å². The molecule has 3 aromatic rings. The number of aliphatic carboxylic acids is 1. The Labute approximate surface area is 219 Å². The van der Waals surface area contributed by atoms with Crippen LogP contribution < -0.4 is 5.32 Å². The minimum absolute atomic E-state index is 0.000623. The predicted octanol–water partition coefficient (Wildman–Crippen LogP) is 6.52. The van der Waals surface area contributed by atoms with E-state index in [1.54, 1.807) is 28.8 Å². The second-order valence-corrected chi connectivity index (χ2v) is 10.7. The molecule has 5 rings (SSSR count). The van der Waals surface area contributed by atoms with Crippen molar-refractivity contribution in [3.63, 3.8) is 0 Å². The summed E-state index contributed by atoms with van der Waals surface area (Å²) in [7, 11) is 0. The number of amides is 1. The number of carbonyl (C=O) groups excluding carboxylic acids is 1.